The number of anilines is 1. The minimum Gasteiger partial charge on any atom is -0.463 e. The molecule has 8 heteroatoms. The average Bonchev–Trinajstić information content (AvgIpc) is 3.36. The van der Waals surface area contributed by atoms with E-state index in [9.17, 15) is 9.59 Å². The Bertz CT molecular complexity index is 1240. The molecule has 0 atom stereocenters. The molecule has 0 fully saturated rings. The van der Waals surface area contributed by atoms with Crippen LogP contribution in [-0.2, 0) is 7.05 Å². The van der Waals surface area contributed by atoms with Crippen LogP contribution in [0.4, 0.5) is 5.69 Å². The summed E-state index contributed by atoms with van der Waals surface area (Å²) in [6, 6.07) is 12.1. The van der Waals surface area contributed by atoms with Gasteiger partial charge in [0.15, 0.2) is 11.4 Å². The molecule has 0 radical (unpaired) electrons. The molecule has 8 nitrogen and oxygen atoms in total. The van der Waals surface area contributed by atoms with Crippen molar-refractivity contribution in [1.82, 2.24) is 20.1 Å². The van der Waals surface area contributed by atoms with Crippen molar-refractivity contribution in [3.05, 3.63) is 65.5 Å². The number of aromatic nitrogens is 3. The lowest BCUT2D eigenvalue weighted by Gasteiger charge is -2.10. The van der Waals surface area contributed by atoms with Crippen molar-refractivity contribution in [1.29, 1.82) is 0 Å². The van der Waals surface area contributed by atoms with E-state index in [0.717, 1.165) is 0 Å². The van der Waals surface area contributed by atoms with Gasteiger partial charge in [-0.2, -0.15) is 5.10 Å². The lowest BCUT2D eigenvalue weighted by atomic mass is 10.1. The van der Waals surface area contributed by atoms with E-state index in [1.165, 1.54) is 0 Å². The molecule has 0 saturated carbocycles. The van der Waals surface area contributed by atoms with Crippen LogP contribution in [0, 0.1) is 6.92 Å². The fourth-order valence-corrected chi connectivity index (χ4v) is 3.37. The van der Waals surface area contributed by atoms with Gasteiger partial charge in [0.05, 0.1) is 22.9 Å². The zero-order valence-corrected chi connectivity index (χ0v) is 16.9. The largest absolute Gasteiger partial charge is 0.463 e. The number of nitrogens with one attached hydrogen (secondary N) is 2. The minimum atomic E-state index is -0.320. The minimum absolute atomic E-state index is 0.192. The van der Waals surface area contributed by atoms with Crippen LogP contribution in [-0.4, -0.2) is 33.1 Å². The Kier molecular flexibility index (Phi) is 5.05. The Hall–Kier alpha value is -3.94. The summed E-state index contributed by atoms with van der Waals surface area (Å²) in [5, 5.41) is 10.7. The summed E-state index contributed by atoms with van der Waals surface area (Å²) in [6.07, 6.45) is 1.56. The highest BCUT2D eigenvalue weighted by atomic mass is 16.3. The van der Waals surface area contributed by atoms with E-state index in [4.69, 9.17) is 4.42 Å². The van der Waals surface area contributed by atoms with Gasteiger partial charge >= 0.3 is 0 Å². The van der Waals surface area contributed by atoms with Crippen LogP contribution in [0.5, 0.6) is 0 Å². The van der Waals surface area contributed by atoms with Gasteiger partial charge in [-0.3, -0.25) is 14.3 Å². The molecule has 3 aromatic heterocycles. The van der Waals surface area contributed by atoms with Crippen LogP contribution >= 0.6 is 0 Å². The first kappa shape index (κ1) is 19.4. The SMILES string of the molecule is CCNC(=O)c1cccc(NC(=O)c2cc(-c3ccco3)nc3c2c(C)nn3C)c1. The molecule has 4 rings (SSSR count). The van der Waals surface area contributed by atoms with E-state index >= 15 is 0 Å². The summed E-state index contributed by atoms with van der Waals surface area (Å²) in [4.78, 5) is 29.9. The lowest BCUT2D eigenvalue weighted by molar-refractivity contribution is 0.0954. The van der Waals surface area contributed by atoms with Gasteiger partial charge in [-0.25, -0.2) is 4.98 Å². The van der Waals surface area contributed by atoms with Gasteiger partial charge in [-0.15, -0.1) is 0 Å². The molecule has 2 amide bonds. The Balaban J connectivity index is 1.75. The van der Waals surface area contributed by atoms with Crippen molar-refractivity contribution in [3.63, 3.8) is 0 Å². The highest BCUT2D eigenvalue weighted by Crippen LogP contribution is 2.27. The van der Waals surface area contributed by atoms with E-state index in [1.54, 1.807) is 60.5 Å². The topological polar surface area (TPSA) is 102 Å². The van der Waals surface area contributed by atoms with Crippen molar-refractivity contribution < 1.29 is 14.0 Å². The summed E-state index contributed by atoms with van der Waals surface area (Å²) < 4.78 is 7.11. The van der Waals surface area contributed by atoms with Crippen LogP contribution in [0.3, 0.4) is 0 Å². The second kappa shape index (κ2) is 7.82. The molecule has 0 unspecified atom stereocenters. The van der Waals surface area contributed by atoms with E-state index < -0.39 is 0 Å². The standard InChI is InChI=1S/C22H21N5O3/c1-4-23-21(28)14-7-5-8-15(11-14)24-22(29)16-12-17(18-9-6-10-30-18)25-20-19(16)13(2)26-27(20)3/h5-12H,4H2,1-3H3,(H,23,28)(H,24,29). The molecule has 0 spiro atoms. The Morgan fingerprint density at radius 1 is 1.13 bits per heavy atom. The average molecular weight is 403 g/mol. The molecular weight excluding hydrogens is 382 g/mol. The molecule has 0 aliphatic heterocycles. The predicted octanol–water partition coefficient (Wildman–Crippen LogP) is 3.54. The number of aryl methyl sites for hydroxylation is 2. The fraction of sp³-hybridized carbons (Fsp3) is 0.182. The summed E-state index contributed by atoms with van der Waals surface area (Å²) in [5.74, 6) is 0.0468. The molecule has 152 valence electrons. The van der Waals surface area contributed by atoms with Crippen molar-refractivity contribution in [2.24, 2.45) is 7.05 Å². The molecule has 3 heterocycles. The monoisotopic (exact) mass is 403 g/mol. The van der Waals surface area contributed by atoms with Gasteiger partial charge in [0, 0.05) is 24.8 Å². The van der Waals surface area contributed by atoms with Gasteiger partial charge in [-0.05, 0) is 50.2 Å². The maximum absolute atomic E-state index is 13.2. The second-order valence-electron chi connectivity index (χ2n) is 6.83. The molecule has 4 aromatic rings. The van der Waals surface area contributed by atoms with Gasteiger partial charge in [0.2, 0.25) is 0 Å². The van der Waals surface area contributed by atoms with Crippen LogP contribution in [0.1, 0.15) is 33.3 Å². The fourth-order valence-electron chi connectivity index (χ4n) is 3.37. The molecular formula is C22H21N5O3. The summed E-state index contributed by atoms with van der Waals surface area (Å²) in [5.41, 5.74) is 3.25. The summed E-state index contributed by atoms with van der Waals surface area (Å²) in [6.45, 7) is 4.22. The quantitative estimate of drug-likeness (QED) is 0.531. The molecule has 0 aliphatic carbocycles. The first-order valence-electron chi connectivity index (χ1n) is 9.55. The third-order valence-electron chi connectivity index (χ3n) is 4.71. The van der Waals surface area contributed by atoms with Crippen LogP contribution in [0.15, 0.2) is 53.1 Å². The van der Waals surface area contributed by atoms with Crippen molar-refractivity contribution >= 4 is 28.5 Å². The van der Waals surface area contributed by atoms with Gasteiger partial charge in [0.25, 0.3) is 11.8 Å². The van der Waals surface area contributed by atoms with E-state index in [0.29, 0.717) is 51.5 Å². The smallest absolute Gasteiger partial charge is 0.256 e. The van der Waals surface area contributed by atoms with Crippen LogP contribution in [0.25, 0.3) is 22.5 Å². The second-order valence-corrected chi connectivity index (χ2v) is 6.83. The lowest BCUT2D eigenvalue weighted by Crippen LogP contribution is -2.22. The molecule has 30 heavy (non-hydrogen) atoms. The molecule has 2 N–H and O–H groups in total. The highest BCUT2D eigenvalue weighted by Gasteiger charge is 2.20. The summed E-state index contributed by atoms with van der Waals surface area (Å²) >= 11 is 0. The summed E-state index contributed by atoms with van der Waals surface area (Å²) in [7, 11) is 1.78. The number of amides is 2. The Labute approximate surface area is 172 Å². The number of carbonyl (C=O) groups is 2. The number of fused-ring (bicyclic) bond motifs is 1. The number of hydrogen-bond acceptors (Lipinski definition) is 5. The van der Waals surface area contributed by atoms with Crippen molar-refractivity contribution in [2.75, 3.05) is 11.9 Å². The first-order chi connectivity index (χ1) is 14.5. The molecule has 1 aromatic carbocycles. The van der Waals surface area contributed by atoms with Crippen molar-refractivity contribution in [3.8, 4) is 11.5 Å². The normalized spacial score (nSPS) is 10.9. The number of hydrogen-bond donors (Lipinski definition) is 2. The number of rotatable bonds is 5. The number of nitrogens with zero attached hydrogens (tertiary/aromatic N) is 3. The number of benzene rings is 1. The first-order valence-corrected chi connectivity index (χ1v) is 9.55. The van der Waals surface area contributed by atoms with Gasteiger partial charge in [-0.1, -0.05) is 6.07 Å². The van der Waals surface area contributed by atoms with Gasteiger partial charge < -0.3 is 15.1 Å². The number of pyridine rings is 1. The Morgan fingerprint density at radius 2 is 1.97 bits per heavy atom. The van der Waals surface area contributed by atoms with E-state index in [2.05, 4.69) is 20.7 Å². The van der Waals surface area contributed by atoms with E-state index in [1.807, 2.05) is 13.8 Å². The predicted molar refractivity (Wildman–Crippen MR) is 113 cm³/mol. The molecule has 0 aliphatic rings. The zero-order valence-electron chi connectivity index (χ0n) is 16.9. The number of furan rings is 1. The molecule has 0 bridgehead atoms. The maximum atomic E-state index is 13.2. The van der Waals surface area contributed by atoms with E-state index in [-0.39, 0.29) is 11.8 Å². The Morgan fingerprint density at radius 3 is 2.70 bits per heavy atom. The van der Waals surface area contributed by atoms with Gasteiger partial charge in [0.1, 0.15) is 5.69 Å². The third-order valence-corrected chi connectivity index (χ3v) is 4.71. The van der Waals surface area contributed by atoms with Crippen LogP contribution < -0.4 is 10.6 Å². The highest BCUT2D eigenvalue weighted by molar-refractivity contribution is 6.13. The zero-order chi connectivity index (χ0) is 21.3. The molecule has 0 saturated heterocycles. The van der Waals surface area contributed by atoms with Crippen molar-refractivity contribution in [2.45, 2.75) is 13.8 Å². The number of carbonyl (C=O) groups excluding carboxylic acids is 2. The third kappa shape index (κ3) is 3.55. The van der Waals surface area contributed by atoms with Crippen LogP contribution in [0.2, 0.25) is 0 Å². The maximum Gasteiger partial charge on any atom is 0.256 e.